The van der Waals surface area contributed by atoms with E-state index in [2.05, 4.69) is 52.8 Å². The molecule has 3 N–H and O–H groups in total. The van der Waals surface area contributed by atoms with Gasteiger partial charge in [0, 0.05) is 69.7 Å². The van der Waals surface area contributed by atoms with Crippen molar-refractivity contribution in [2.75, 3.05) is 50.7 Å². The Morgan fingerprint density at radius 1 is 1.07 bits per heavy atom. The van der Waals surface area contributed by atoms with Gasteiger partial charge < -0.3 is 20.9 Å². The van der Waals surface area contributed by atoms with Crippen LogP contribution in [-0.4, -0.2) is 85.2 Å². The van der Waals surface area contributed by atoms with Crippen LogP contribution in [0.5, 0.6) is 0 Å². The molecule has 2 aromatic rings. The molecule has 0 saturated carbocycles. The van der Waals surface area contributed by atoms with Crippen molar-refractivity contribution in [1.82, 2.24) is 24.3 Å². The van der Waals surface area contributed by atoms with E-state index in [1.54, 1.807) is 22.6 Å². The van der Waals surface area contributed by atoms with Gasteiger partial charge in [0.15, 0.2) is 5.82 Å². The van der Waals surface area contributed by atoms with Gasteiger partial charge in [-0.15, -0.1) is 0 Å². The van der Waals surface area contributed by atoms with Gasteiger partial charge in [-0.1, -0.05) is 38.1 Å². The van der Waals surface area contributed by atoms with Gasteiger partial charge in [-0.05, 0) is 92.6 Å². The van der Waals surface area contributed by atoms with Crippen molar-refractivity contribution in [2.45, 2.75) is 69.7 Å². The van der Waals surface area contributed by atoms with Gasteiger partial charge >= 0.3 is 0 Å². The number of fused-ring (bicyclic) bond motifs is 1. The van der Waals surface area contributed by atoms with Crippen LogP contribution in [0.1, 0.15) is 62.8 Å². The number of hydrogen-bond donors (Lipinski definition) is 2. The summed E-state index contributed by atoms with van der Waals surface area (Å²) in [4.78, 5) is 17.2. The molecule has 250 valence electrons. The van der Waals surface area contributed by atoms with Crippen molar-refractivity contribution in [3.8, 4) is 0 Å². The standard InChI is InChI=1S/C35H51N7O3S/c1-26(23-27-5-7-30(8-6-27)46(44,45)42-21-12-29(36)13-22-42)25-40-18-10-28(11-19-40)35(2)15-9-31-32(24-35)39(3)38-34(31)41-17-4-16-37-33(43)14-20-41/h4-9,15-16,26,28-29H,10-14,17-25,36H2,1-3H3,(H,37,43)/b16-4+. The number of carbonyl (C=O) groups excluding carboxylic acids is 1. The summed E-state index contributed by atoms with van der Waals surface area (Å²) in [6, 6.07) is 7.62. The van der Waals surface area contributed by atoms with Crippen LogP contribution >= 0.6 is 0 Å². The molecule has 1 aromatic carbocycles. The summed E-state index contributed by atoms with van der Waals surface area (Å²) in [5.74, 6) is 2.10. The van der Waals surface area contributed by atoms with Gasteiger partial charge in [-0.25, -0.2) is 8.42 Å². The molecule has 1 aromatic heterocycles. The Kier molecular flexibility index (Phi) is 9.75. The number of aryl methyl sites for hydroxylation is 1. The number of nitrogens with one attached hydrogen (secondary N) is 1. The summed E-state index contributed by atoms with van der Waals surface area (Å²) in [6.45, 7) is 10.3. The summed E-state index contributed by atoms with van der Waals surface area (Å²) in [5.41, 5.74) is 9.72. The predicted octanol–water partition coefficient (Wildman–Crippen LogP) is 3.54. The minimum absolute atomic E-state index is 0.0380. The number of hydrogen-bond acceptors (Lipinski definition) is 7. The lowest BCUT2D eigenvalue weighted by atomic mass is 9.67. The molecule has 2 unspecified atom stereocenters. The number of likely N-dealkylation sites (tertiary alicyclic amines) is 1. The minimum Gasteiger partial charge on any atom is -0.350 e. The summed E-state index contributed by atoms with van der Waals surface area (Å²) >= 11 is 0. The molecule has 4 aliphatic rings. The molecule has 0 spiro atoms. The Balaban J connectivity index is 1.01. The third kappa shape index (κ3) is 7.12. The number of nitrogens with zero attached hydrogens (tertiary/aromatic N) is 5. The smallest absolute Gasteiger partial charge is 0.243 e. The molecule has 0 radical (unpaired) electrons. The number of nitrogens with two attached hydrogens (primary N) is 1. The van der Waals surface area contributed by atoms with E-state index in [0.29, 0.717) is 55.6 Å². The maximum Gasteiger partial charge on any atom is 0.243 e. The normalized spacial score (nSPS) is 25.5. The van der Waals surface area contributed by atoms with E-state index in [0.717, 1.165) is 44.8 Å². The molecule has 46 heavy (non-hydrogen) atoms. The molecule has 10 nitrogen and oxygen atoms in total. The highest BCUT2D eigenvalue weighted by atomic mass is 32.2. The lowest BCUT2D eigenvalue weighted by Crippen LogP contribution is -2.42. The summed E-state index contributed by atoms with van der Waals surface area (Å²) < 4.78 is 29.8. The van der Waals surface area contributed by atoms with Crippen LogP contribution in [0.15, 0.2) is 47.5 Å². The van der Waals surface area contributed by atoms with E-state index in [4.69, 9.17) is 10.8 Å². The average Bonchev–Trinajstić information content (AvgIpc) is 3.34. The molecule has 11 heteroatoms. The molecular weight excluding hydrogens is 598 g/mol. The van der Waals surface area contributed by atoms with Crippen LogP contribution in [0.4, 0.5) is 5.82 Å². The lowest BCUT2D eigenvalue weighted by Gasteiger charge is -2.43. The third-order valence-corrected chi connectivity index (χ3v) is 12.6. The second kappa shape index (κ2) is 13.6. The van der Waals surface area contributed by atoms with Crippen molar-refractivity contribution in [3.05, 3.63) is 59.4 Å². The fourth-order valence-electron chi connectivity index (χ4n) is 7.82. The number of amides is 1. The van der Waals surface area contributed by atoms with Crippen LogP contribution in [0.3, 0.4) is 0 Å². The summed E-state index contributed by atoms with van der Waals surface area (Å²) in [7, 11) is -1.41. The number of benzene rings is 1. The highest BCUT2D eigenvalue weighted by Crippen LogP contribution is 2.45. The summed E-state index contributed by atoms with van der Waals surface area (Å²) in [6.07, 6.45) is 14.6. The first-order valence-corrected chi connectivity index (χ1v) is 18.5. The minimum atomic E-state index is -3.46. The predicted molar refractivity (Wildman–Crippen MR) is 183 cm³/mol. The van der Waals surface area contributed by atoms with Crippen molar-refractivity contribution in [3.63, 3.8) is 0 Å². The highest BCUT2D eigenvalue weighted by Gasteiger charge is 2.39. The van der Waals surface area contributed by atoms with Gasteiger partial charge in [0.25, 0.3) is 0 Å². The Bertz CT molecular complexity index is 1550. The third-order valence-electron chi connectivity index (χ3n) is 10.7. The van der Waals surface area contributed by atoms with E-state index in [1.807, 2.05) is 18.2 Å². The van der Waals surface area contributed by atoms with Crippen molar-refractivity contribution in [2.24, 2.45) is 30.0 Å². The summed E-state index contributed by atoms with van der Waals surface area (Å²) in [5, 5.41) is 7.73. The first-order chi connectivity index (χ1) is 22.0. The number of rotatable bonds is 8. The van der Waals surface area contributed by atoms with E-state index in [-0.39, 0.29) is 17.4 Å². The molecule has 1 amide bonds. The quantitative estimate of drug-likeness (QED) is 0.450. The highest BCUT2D eigenvalue weighted by molar-refractivity contribution is 7.89. The first kappa shape index (κ1) is 32.9. The fourth-order valence-corrected chi connectivity index (χ4v) is 9.29. The molecule has 6 rings (SSSR count). The van der Waals surface area contributed by atoms with E-state index >= 15 is 0 Å². The molecule has 2 fully saturated rings. The molecule has 2 saturated heterocycles. The molecule has 0 bridgehead atoms. The van der Waals surface area contributed by atoms with E-state index < -0.39 is 10.0 Å². The number of carbonyl (C=O) groups is 1. The zero-order valence-electron chi connectivity index (χ0n) is 27.7. The Morgan fingerprint density at radius 3 is 2.50 bits per heavy atom. The monoisotopic (exact) mass is 649 g/mol. The lowest BCUT2D eigenvalue weighted by molar-refractivity contribution is -0.120. The maximum atomic E-state index is 13.1. The molecular formula is C35H51N7O3S. The van der Waals surface area contributed by atoms with Gasteiger partial charge in [-0.3, -0.25) is 9.48 Å². The SMILES string of the molecule is CC(Cc1ccc(S(=O)(=O)N2CCC(N)CC2)cc1)CN1CCC(C2(C)C=Cc3c(N4C/C=C/NC(=O)CC4)nn(C)c3C2)CC1. The van der Waals surface area contributed by atoms with Crippen LogP contribution in [0.2, 0.25) is 0 Å². The number of anilines is 1. The Hall–Kier alpha value is -2.99. The number of aromatic nitrogens is 2. The fraction of sp³-hybridized carbons (Fsp3) is 0.600. The average molecular weight is 650 g/mol. The van der Waals surface area contributed by atoms with Crippen LogP contribution in [0, 0.1) is 17.3 Å². The number of piperidine rings is 2. The van der Waals surface area contributed by atoms with Crippen molar-refractivity contribution in [1.29, 1.82) is 0 Å². The molecule has 3 aliphatic heterocycles. The number of allylic oxidation sites excluding steroid dienone is 1. The van der Waals surface area contributed by atoms with Crippen LogP contribution in [-0.2, 0) is 34.7 Å². The topological polar surface area (TPSA) is 117 Å². The largest absolute Gasteiger partial charge is 0.350 e. The first-order valence-electron chi connectivity index (χ1n) is 17.0. The van der Waals surface area contributed by atoms with Crippen molar-refractivity contribution >= 4 is 27.8 Å². The second-order valence-electron chi connectivity index (χ2n) is 14.3. The van der Waals surface area contributed by atoms with E-state index in [1.165, 1.54) is 29.7 Å². The zero-order chi connectivity index (χ0) is 32.5. The van der Waals surface area contributed by atoms with Crippen LogP contribution < -0.4 is 16.0 Å². The van der Waals surface area contributed by atoms with Crippen LogP contribution in [0.25, 0.3) is 6.08 Å². The Morgan fingerprint density at radius 2 is 1.78 bits per heavy atom. The van der Waals surface area contributed by atoms with Crippen molar-refractivity contribution < 1.29 is 13.2 Å². The van der Waals surface area contributed by atoms with Gasteiger partial charge in [0.2, 0.25) is 15.9 Å². The van der Waals surface area contributed by atoms with Gasteiger partial charge in [0.05, 0.1) is 4.90 Å². The maximum absolute atomic E-state index is 13.1. The van der Waals surface area contributed by atoms with Gasteiger partial charge in [-0.2, -0.15) is 9.40 Å². The molecule has 4 heterocycles. The van der Waals surface area contributed by atoms with Gasteiger partial charge in [0.1, 0.15) is 0 Å². The zero-order valence-corrected chi connectivity index (χ0v) is 28.5. The molecule has 2 atom stereocenters. The second-order valence-corrected chi connectivity index (χ2v) is 16.2. The Labute approximate surface area is 274 Å². The number of sulfonamides is 1. The molecule has 1 aliphatic carbocycles. The van der Waals surface area contributed by atoms with E-state index in [9.17, 15) is 13.2 Å².